The molecule has 0 aliphatic carbocycles. The van der Waals surface area contributed by atoms with Gasteiger partial charge >= 0.3 is 23.9 Å². The molecule has 0 aromatic rings. The van der Waals surface area contributed by atoms with Crippen molar-refractivity contribution in [2.24, 2.45) is 5.92 Å². The fraction of sp³-hybridized carbons (Fsp3) is 0.571. The molecule has 28 heavy (non-hydrogen) atoms. The van der Waals surface area contributed by atoms with Crippen LogP contribution in [0.25, 0.3) is 0 Å². The van der Waals surface area contributed by atoms with Crippen molar-refractivity contribution in [3.8, 4) is 0 Å². The van der Waals surface area contributed by atoms with Crippen molar-refractivity contribution < 1.29 is 69.0 Å². The second-order valence-corrected chi connectivity index (χ2v) is 5.77. The van der Waals surface area contributed by atoms with Crippen LogP contribution in [0.3, 0.4) is 0 Å². The summed E-state index contributed by atoms with van der Waals surface area (Å²) in [6, 6.07) is 0. The van der Waals surface area contributed by atoms with Crippen LogP contribution < -0.4 is 0 Å². The molecule has 2 heterocycles. The predicted octanol–water partition coefficient (Wildman–Crippen LogP) is -4.27. The number of carbonyl (C=O) groups is 4. The Labute approximate surface area is 155 Å². The highest BCUT2D eigenvalue weighted by molar-refractivity contribution is 5.92. The number of hydrogen-bond acceptors (Lipinski definition) is 14. The zero-order chi connectivity index (χ0) is 21.1. The predicted molar refractivity (Wildman–Crippen MR) is 76.5 cm³/mol. The van der Waals surface area contributed by atoms with E-state index in [1.165, 1.54) is 0 Å². The monoisotopic (exact) mass is 408 g/mol. The first-order valence-corrected chi connectivity index (χ1v) is 7.67. The normalized spacial score (nSPS) is 38.8. The molecule has 5 N–H and O–H groups in total. The van der Waals surface area contributed by atoms with Gasteiger partial charge in [-0.1, -0.05) is 0 Å². The van der Waals surface area contributed by atoms with Gasteiger partial charge in [-0.25, -0.2) is 38.7 Å². The van der Waals surface area contributed by atoms with Gasteiger partial charge in [0.25, 0.3) is 0 Å². The summed E-state index contributed by atoms with van der Waals surface area (Å²) in [5.41, 5.74) is 0. The summed E-state index contributed by atoms with van der Waals surface area (Å²) in [5, 5.41) is 49.5. The Kier molecular flexibility index (Phi) is 6.65. The summed E-state index contributed by atoms with van der Waals surface area (Å²) in [7, 11) is 0. The van der Waals surface area contributed by atoms with Gasteiger partial charge in [0.15, 0.2) is 0 Å². The van der Waals surface area contributed by atoms with Crippen LogP contribution in [0.1, 0.15) is 6.42 Å². The largest absolute Gasteiger partial charge is 0.394 e. The van der Waals surface area contributed by atoms with Crippen molar-refractivity contribution in [3.63, 3.8) is 0 Å². The number of carbonyl (C=O) groups excluding carboxylic acids is 4. The molecule has 1 fully saturated rings. The maximum atomic E-state index is 12.2. The standard InChI is InChI=1S/C14H16O14/c15-4-6-10(19)11(20)12(21)14(23,24-6)5-3-9(18)27-25-7(16)1-2-8(17)26-28-13(5)22/h1-2,5-6,10-12,15,19-21,23H,3-4H2/b2-1-/t5?,6-,10-,11+,12-,14?/m1/s1. The third-order valence-corrected chi connectivity index (χ3v) is 3.93. The molecule has 0 bridgehead atoms. The van der Waals surface area contributed by atoms with Gasteiger partial charge in [-0.05, 0) is 0 Å². The first-order chi connectivity index (χ1) is 13.1. The average Bonchev–Trinajstić information content (AvgIpc) is 2.67. The number of aliphatic hydroxyl groups is 5. The van der Waals surface area contributed by atoms with Crippen LogP contribution in [0, 0.1) is 5.92 Å². The Balaban J connectivity index is 2.36. The molecular formula is C14H16O14. The SMILES string of the molecule is O=C1/C=C\C(=O)OOC(=O)C(C2(O)O[C@H](CO)[C@@H](O)[C@H](O)[C@H]2O)CC(=O)OO1. The molecule has 14 heteroatoms. The Hall–Kier alpha value is -2.62. The van der Waals surface area contributed by atoms with E-state index in [1.54, 1.807) is 0 Å². The summed E-state index contributed by atoms with van der Waals surface area (Å²) in [4.78, 5) is 62.9. The van der Waals surface area contributed by atoms with E-state index in [0.717, 1.165) is 0 Å². The van der Waals surface area contributed by atoms with Gasteiger partial charge in [-0.3, -0.25) is 0 Å². The van der Waals surface area contributed by atoms with E-state index in [9.17, 15) is 44.7 Å². The lowest BCUT2D eigenvalue weighted by Gasteiger charge is -2.47. The quantitative estimate of drug-likeness (QED) is 0.273. The summed E-state index contributed by atoms with van der Waals surface area (Å²) in [6.45, 7) is -0.961. The molecule has 0 amide bonds. The Bertz CT molecular complexity index is 671. The van der Waals surface area contributed by atoms with Crippen LogP contribution in [0.5, 0.6) is 0 Å². The summed E-state index contributed by atoms with van der Waals surface area (Å²) < 4.78 is 4.92. The zero-order valence-corrected chi connectivity index (χ0v) is 13.9. The van der Waals surface area contributed by atoms with Crippen molar-refractivity contribution in [3.05, 3.63) is 12.2 Å². The van der Waals surface area contributed by atoms with Crippen LogP contribution >= 0.6 is 0 Å². The highest BCUT2D eigenvalue weighted by Crippen LogP contribution is 2.36. The lowest BCUT2D eigenvalue weighted by molar-refractivity contribution is -0.370. The van der Waals surface area contributed by atoms with Crippen molar-refractivity contribution in [1.29, 1.82) is 0 Å². The summed E-state index contributed by atoms with van der Waals surface area (Å²) >= 11 is 0. The fourth-order valence-electron chi connectivity index (χ4n) is 2.49. The van der Waals surface area contributed by atoms with E-state index in [1.807, 2.05) is 0 Å². The van der Waals surface area contributed by atoms with Crippen molar-refractivity contribution in [2.45, 2.75) is 36.6 Å². The first-order valence-electron chi connectivity index (χ1n) is 7.67. The molecule has 0 aromatic heterocycles. The summed E-state index contributed by atoms with van der Waals surface area (Å²) in [6.07, 6.45) is -8.26. The van der Waals surface area contributed by atoms with Crippen LogP contribution in [-0.2, 0) is 43.5 Å². The molecule has 0 spiro atoms. The van der Waals surface area contributed by atoms with Gasteiger partial charge in [0.2, 0.25) is 5.79 Å². The molecule has 2 rings (SSSR count). The molecule has 2 aliphatic rings. The van der Waals surface area contributed by atoms with Crippen LogP contribution in [-0.4, -0.2) is 86.2 Å². The highest BCUT2D eigenvalue weighted by atomic mass is 17.2. The van der Waals surface area contributed by atoms with Gasteiger partial charge in [0.1, 0.15) is 30.3 Å². The average molecular weight is 408 g/mol. The van der Waals surface area contributed by atoms with Gasteiger partial charge < -0.3 is 30.3 Å². The fourth-order valence-corrected chi connectivity index (χ4v) is 2.49. The topological polar surface area (TPSA) is 216 Å². The lowest BCUT2D eigenvalue weighted by atomic mass is 9.83. The van der Waals surface area contributed by atoms with Gasteiger partial charge in [0, 0.05) is 12.2 Å². The van der Waals surface area contributed by atoms with E-state index in [4.69, 9.17) is 4.74 Å². The minimum absolute atomic E-state index is 0.461. The molecule has 0 saturated carbocycles. The second kappa shape index (κ2) is 8.59. The molecule has 0 radical (unpaired) electrons. The minimum Gasteiger partial charge on any atom is -0.394 e. The molecule has 156 valence electrons. The van der Waals surface area contributed by atoms with Crippen LogP contribution in [0.4, 0.5) is 0 Å². The van der Waals surface area contributed by atoms with E-state index in [2.05, 4.69) is 19.6 Å². The molecule has 2 unspecified atom stereocenters. The third-order valence-electron chi connectivity index (χ3n) is 3.93. The molecule has 0 aromatic carbocycles. The number of rotatable bonds is 2. The van der Waals surface area contributed by atoms with Gasteiger partial charge in [0.05, 0.1) is 13.0 Å². The van der Waals surface area contributed by atoms with Gasteiger partial charge in [-0.15, -0.1) is 0 Å². The van der Waals surface area contributed by atoms with E-state index >= 15 is 0 Å². The number of aliphatic hydroxyl groups excluding tert-OH is 4. The van der Waals surface area contributed by atoms with Gasteiger partial charge in [-0.2, -0.15) is 0 Å². The number of hydrogen-bond donors (Lipinski definition) is 5. The molecule has 1 saturated heterocycles. The smallest absolute Gasteiger partial charge is 0.379 e. The third kappa shape index (κ3) is 4.44. The minimum atomic E-state index is -3.11. The van der Waals surface area contributed by atoms with Crippen molar-refractivity contribution in [2.75, 3.05) is 6.61 Å². The van der Waals surface area contributed by atoms with Crippen LogP contribution in [0.2, 0.25) is 0 Å². The Morgan fingerprint density at radius 2 is 1.50 bits per heavy atom. The van der Waals surface area contributed by atoms with E-state index < -0.39 is 73.0 Å². The van der Waals surface area contributed by atoms with Crippen molar-refractivity contribution >= 4 is 23.9 Å². The number of ether oxygens (including phenoxy) is 1. The van der Waals surface area contributed by atoms with Crippen molar-refractivity contribution in [1.82, 2.24) is 0 Å². The maximum absolute atomic E-state index is 12.2. The zero-order valence-electron chi connectivity index (χ0n) is 13.9. The second-order valence-electron chi connectivity index (χ2n) is 5.77. The molecular weight excluding hydrogens is 392 g/mol. The highest BCUT2D eigenvalue weighted by Gasteiger charge is 2.60. The molecule has 2 aliphatic heterocycles. The summed E-state index contributed by atoms with van der Waals surface area (Å²) in [5.74, 6) is -11.1. The molecule has 6 atom stereocenters. The van der Waals surface area contributed by atoms with E-state index in [0.29, 0.717) is 12.2 Å². The Morgan fingerprint density at radius 1 is 0.929 bits per heavy atom. The molecule has 14 nitrogen and oxygen atoms in total. The van der Waals surface area contributed by atoms with E-state index in [-0.39, 0.29) is 0 Å². The van der Waals surface area contributed by atoms with Crippen LogP contribution in [0.15, 0.2) is 12.2 Å². The maximum Gasteiger partial charge on any atom is 0.379 e. The first kappa shape index (κ1) is 21.7. The Morgan fingerprint density at radius 3 is 2.07 bits per heavy atom. The lowest BCUT2D eigenvalue weighted by Crippen LogP contribution is -2.69.